The van der Waals surface area contributed by atoms with E-state index < -0.39 is 11.7 Å². The highest BCUT2D eigenvalue weighted by Crippen LogP contribution is 2.31. The van der Waals surface area contributed by atoms with E-state index in [9.17, 15) is 13.2 Å². The third-order valence-corrected chi connectivity index (χ3v) is 4.28. The van der Waals surface area contributed by atoms with Crippen LogP contribution < -0.4 is 5.32 Å². The van der Waals surface area contributed by atoms with Gasteiger partial charge in [0.2, 0.25) is 5.13 Å². The molecule has 0 bridgehead atoms. The topological polar surface area (TPSA) is 37.8 Å². The van der Waals surface area contributed by atoms with Gasteiger partial charge in [0.25, 0.3) is 0 Å². The third kappa shape index (κ3) is 4.32. The van der Waals surface area contributed by atoms with Gasteiger partial charge < -0.3 is 5.32 Å². The fourth-order valence-corrected chi connectivity index (χ4v) is 2.96. The van der Waals surface area contributed by atoms with Crippen LogP contribution in [0.1, 0.15) is 16.1 Å². The second-order valence-corrected chi connectivity index (χ2v) is 6.25. The predicted molar refractivity (Wildman–Crippen MR) is 88.5 cm³/mol. The maximum atomic E-state index is 12.7. The molecule has 124 valence electrons. The summed E-state index contributed by atoms with van der Waals surface area (Å²) in [5.41, 5.74) is 0.858. The average Bonchev–Trinajstić information content (AvgIpc) is 3.01. The fourth-order valence-electron chi connectivity index (χ4n) is 2.20. The van der Waals surface area contributed by atoms with E-state index in [1.165, 1.54) is 23.0 Å². The molecule has 24 heavy (non-hydrogen) atoms. The molecular formula is C17H14F3N3S. The van der Waals surface area contributed by atoms with Crippen molar-refractivity contribution in [1.82, 2.24) is 10.2 Å². The summed E-state index contributed by atoms with van der Waals surface area (Å²) < 4.78 is 38.2. The van der Waals surface area contributed by atoms with Gasteiger partial charge in [-0.05, 0) is 30.2 Å². The number of anilines is 2. The number of rotatable bonds is 5. The first-order valence-electron chi connectivity index (χ1n) is 7.31. The highest BCUT2D eigenvalue weighted by atomic mass is 32.1. The molecule has 0 spiro atoms. The summed E-state index contributed by atoms with van der Waals surface area (Å²) in [5, 5.41) is 12.3. The molecule has 0 unspecified atom stereocenters. The summed E-state index contributed by atoms with van der Waals surface area (Å²) in [6.45, 7) is 0. The molecule has 1 aromatic heterocycles. The van der Waals surface area contributed by atoms with Crippen LogP contribution in [0.15, 0.2) is 54.6 Å². The van der Waals surface area contributed by atoms with Crippen molar-refractivity contribution in [2.45, 2.75) is 19.0 Å². The van der Waals surface area contributed by atoms with E-state index >= 15 is 0 Å². The number of benzene rings is 2. The maximum absolute atomic E-state index is 12.7. The Kier molecular flexibility index (Phi) is 4.80. The molecular weight excluding hydrogens is 335 g/mol. The Morgan fingerprint density at radius 3 is 2.46 bits per heavy atom. The third-order valence-electron chi connectivity index (χ3n) is 3.38. The lowest BCUT2D eigenvalue weighted by Crippen LogP contribution is -2.05. The monoisotopic (exact) mass is 349 g/mol. The quantitative estimate of drug-likeness (QED) is 0.697. The van der Waals surface area contributed by atoms with Crippen molar-refractivity contribution in [1.29, 1.82) is 0 Å². The smallest absolute Gasteiger partial charge is 0.330 e. The van der Waals surface area contributed by atoms with Gasteiger partial charge in [0.05, 0.1) is 5.56 Å². The number of aryl methyl sites for hydroxylation is 2. The number of alkyl halides is 3. The van der Waals surface area contributed by atoms with E-state index in [4.69, 9.17) is 0 Å². The predicted octanol–water partition coefficient (Wildman–Crippen LogP) is 5.09. The van der Waals surface area contributed by atoms with Crippen molar-refractivity contribution in [2.24, 2.45) is 0 Å². The van der Waals surface area contributed by atoms with E-state index in [1.54, 1.807) is 6.07 Å². The molecule has 7 heteroatoms. The van der Waals surface area contributed by atoms with Crippen LogP contribution in [0.5, 0.6) is 0 Å². The average molecular weight is 349 g/mol. The summed E-state index contributed by atoms with van der Waals surface area (Å²) in [6, 6.07) is 15.0. The van der Waals surface area contributed by atoms with Gasteiger partial charge in [-0.15, -0.1) is 10.2 Å². The van der Waals surface area contributed by atoms with Gasteiger partial charge in [0.15, 0.2) is 0 Å². The van der Waals surface area contributed by atoms with Gasteiger partial charge in [-0.25, -0.2) is 0 Å². The van der Waals surface area contributed by atoms with Crippen LogP contribution in [-0.4, -0.2) is 10.2 Å². The number of hydrogen-bond donors (Lipinski definition) is 1. The minimum Gasteiger partial charge on any atom is -0.330 e. The van der Waals surface area contributed by atoms with Crippen molar-refractivity contribution in [3.63, 3.8) is 0 Å². The lowest BCUT2D eigenvalue weighted by Gasteiger charge is -2.08. The van der Waals surface area contributed by atoms with Crippen LogP contribution >= 0.6 is 11.3 Å². The molecule has 3 rings (SSSR count). The molecule has 3 nitrogen and oxygen atoms in total. The fraction of sp³-hybridized carbons (Fsp3) is 0.176. The summed E-state index contributed by atoms with van der Waals surface area (Å²) in [5.74, 6) is 0. The van der Waals surface area contributed by atoms with Crippen LogP contribution in [0, 0.1) is 0 Å². The van der Waals surface area contributed by atoms with E-state index in [0.29, 0.717) is 10.8 Å². The van der Waals surface area contributed by atoms with Crippen molar-refractivity contribution in [3.8, 4) is 0 Å². The summed E-state index contributed by atoms with van der Waals surface area (Å²) in [4.78, 5) is 0. The lowest BCUT2D eigenvalue weighted by atomic mass is 10.1. The van der Waals surface area contributed by atoms with Gasteiger partial charge in [-0.2, -0.15) is 13.2 Å². The van der Waals surface area contributed by atoms with Gasteiger partial charge >= 0.3 is 6.18 Å². The minimum absolute atomic E-state index is 0.343. The Labute approximate surface area is 141 Å². The van der Waals surface area contributed by atoms with E-state index in [0.717, 1.165) is 30.0 Å². The normalized spacial score (nSPS) is 11.5. The van der Waals surface area contributed by atoms with Crippen molar-refractivity contribution in [2.75, 3.05) is 5.32 Å². The standard InChI is InChI=1S/C17H14F3N3S/c18-17(19,20)13-7-4-8-14(11-13)21-16-23-22-15(24-16)10-9-12-5-2-1-3-6-12/h1-8,11H,9-10H2,(H,21,23). The number of halogens is 3. The second kappa shape index (κ2) is 7.00. The Hall–Kier alpha value is -2.41. The number of nitrogens with zero attached hydrogens (tertiary/aromatic N) is 2. The largest absolute Gasteiger partial charge is 0.416 e. The Morgan fingerprint density at radius 2 is 1.71 bits per heavy atom. The Balaban J connectivity index is 1.64. The minimum atomic E-state index is -4.36. The van der Waals surface area contributed by atoms with Crippen LogP contribution in [-0.2, 0) is 19.0 Å². The van der Waals surface area contributed by atoms with E-state index in [-0.39, 0.29) is 0 Å². The molecule has 0 fully saturated rings. The molecule has 0 saturated carbocycles. The molecule has 0 atom stereocenters. The van der Waals surface area contributed by atoms with Crippen molar-refractivity contribution < 1.29 is 13.2 Å². The lowest BCUT2D eigenvalue weighted by molar-refractivity contribution is -0.137. The van der Waals surface area contributed by atoms with Crippen LogP contribution in [0.2, 0.25) is 0 Å². The Bertz CT molecular complexity index is 800. The van der Waals surface area contributed by atoms with Gasteiger partial charge in [0, 0.05) is 12.1 Å². The van der Waals surface area contributed by atoms with Crippen molar-refractivity contribution in [3.05, 3.63) is 70.7 Å². The molecule has 0 aliphatic rings. The summed E-state index contributed by atoms with van der Waals surface area (Å²) in [7, 11) is 0. The molecule has 0 amide bonds. The number of nitrogens with one attached hydrogen (secondary N) is 1. The summed E-state index contributed by atoms with van der Waals surface area (Å²) >= 11 is 1.35. The zero-order valence-corrected chi connectivity index (χ0v) is 13.4. The number of hydrogen-bond acceptors (Lipinski definition) is 4. The van der Waals surface area contributed by atoms with Crippen LogP contribution in [0.3, 0.4) is 0 Å². The molecule has 0 aliphatic carbocycles. The molecule has 3 aromatic rings. The van der Waals surface area contributed by atoms with Crippen LogP contribution in [0.4, 0.5) is 24.0 Å². The molecule has 2 aromatic carbocycles. The first-order chi connectivity index (χ1) is 11.5. The summed E-state index contributed by atoms with van der Waals surface area (Å²) in [6.07, 6.45) is -2.77. The van der Waals surface area contributed by atoms with Crippen molar-refractivity contribution >= 4 is 22.2 Å². The highest BCUT2D eigenvalue weighted by Gasteiger charge is 2.30. The van der Waals surface area contributed by atoms with Gasteiger partial charge in [-0.3, -0.25) is 0 Å². The van der Waals surface area contributed by atoms with Gasteiger partial charge in [0.1, 0.15) is 5.01 Å². The SMILES string of the molecule is FC(F)(F)c1cccc(Nc2nnc(CCc3ccccc3)s2)c1. The first kappa shape index (κ1) is 16.4. The van der Waals surface area contributed by atoms with E-state index in [2.05, 4.69) is 15.5 Å². The van der Waals surface area contributed by atoms with Gasteiger partial charge in [-0.1, -0.05) is 47.7 Å². The second-order valence-electron chi connectivity index (χ2n) is 5.19. The number of aromatic nitrogens is 2. The highest BCUT2D eigenvalue weighted by molar-refractivity contribution is 7.15. The van der Waals surface area contributed by atoms with Crippen LogP contribution in [0.25, 0.3) is 0 Å². The zero-order chi connectivity index (χ0) is 17.0. The molecule has 0 radical (unpaired) electrons. The molecule has 1 N–H and O–H groups in total. The molecule has 1 heterocycles. The first-order valence-corrected chi connectivity index (χ1v) is 8.13. The molecule has 0 saturated heterocycles. The maximum Gasteiger partial charge on any atom is 0.416 e. The molecule has 0 aliphatic heterocycles. The Morgan fingerprint density at radius 1 is 0.917 bits per heavy atom. The van der Waals surface area contributed by atoms with E-state index in [1.807, 2.05) is 30.3 Å². The zero-order valence-electron chi connectivity index (χ0n) is 12.5.